The molecule has 4 heteroatoms. The van der Waals surface area contributed by atoms with Gasteiger partial charge in [0.15, 0.2) is 5.96 Å². The number of nitrogens with zero attached hydrogens (tertiary/aromatic N) is 1. The molecule has 1 aromatic heterocycles. The summed E-state index contributed by atoms with van der Waals surface area (Å²) in [5.41, 5.74) is 2.67. The molecule has 2 N–H and O–H groups in total. The number of hydrogen-bond acceptors (Lipinski definition) is 2. The zero-order valence-corrected chi connectivity index (χ0v) is 14.4. The van der Waals surface area contributed by atoms with E-state index < -0.39 is 0 Å². The average molecular weight is 315 g/mol. The van der Waals surface area contributed by atoms with Gasteiger partial charge in [-0.2, -0.15) is 0 Å². The minimum atomic E-state index is 0.454. The summed E-state index contributed by atoms with van der Waals surface area (Å²) in [7, 11) is 1.82. The summed E-state index contributed by atoms with van der Waals surface area (Å²) < 4.78 is 0. The number of aryl methyl sites for hydroxylation is 1. The highest BCUT2D eigenvalue weighted by Crippen LogP contribution is 2.15. The Morgan fingerprint density at radius 3 is 2.77 bits per heavy atom. The fourth-order valence-electron chi connectivity index (χ4n) is 2.32. The maximum absolute atomic E-state index is 4.29. The molecule has 0 aliphatic rings. The van der Waals surface area contributed by atoms with E-state index in [1.807, 2.05) is 7.05 Å². The molecule has 0 amide bonds. The monoisotopic (exact) mass is 315 g/mol. The number of rotatable bonds is 6. The summed E-state index contributed by atoms with van der Waals surface area (Å²) in [6.45, 7) is 6.15. The lowest BCUT2D eigenvalue weighted by atomic mass is 9.99. The number of aliphatic imine (C=N–C) groups is 1. The quantitative estimate of drug-likeness (QED) is 0.631. The Kier molecular flexibility index (Phi) is 6.46. The number of benzene rings is 1. The Bertz CT molecular complexity index is 590. The van der Waals surface area contributed by atoms with Gasteiger partial charge in [0.05, 0.1) is 0 Å². The van der Waals surface area contributed by atoms with E-state index in [0.717, 1.165) is 25.5 Å². The Morgan fingerprint density at radius 2 is 2.09 bits per heavy atom. The van der Waals surface area contributed by atoms with Crippen molar-refractivity contribution >= 4 is 17.3 Å². The zero-order valence-electron chi connectivity index (χ0n) is 13.6. The van der Waals surface area contributed by atoms with Gasteiger partial charge >= 0.3 is 0 Å². The number of guanidine groups is 1. The fourth-order valence-corrected chi connectivity index (χ4v) is 3.03. The largest absolute Gasteiger partial charge is 0.356 e. The van der Waals surface area contributed by atoms with Crippen LogP contribution in [-0.4, -0.2) is 26.1 Å². The highest BCUT2D eigenvalue weighted by molar-refractivity contribution is 7.09. The van der Waals surface area contributed by atoms with Gasteiger partial charge in [-0.05, 0) is 36.3 Å². The third kappa shape index (κ3) is 5.19. The van der Waals surface area contributed by atoms with Crippen molar-refractivity contribution in [2.45, 2.75) is 26.2 Å². The second kappa shape index (κ2) is 8.59. The molecular formula is C18H25N3S. The molecule has 1 aromatic carbocycles. The first kappa shape index (κ1) is 16.6. The van der Waals surface area contributed by atoms with Crippen LogP contribution in [0.3, 0.4) is 0 Å². The van der Waals surface area contributed by atoms with E-state index in [1.165, 1.54) is 16.0 Å². The smallest absolute Gasteiger partial charge is 0.191 e. The first-order valence-electron chi connectivity index (χ1n) is 7.72. The van der Waals surface area contributed by atoms with Crippen molar-refractivity contribution in [3.63, 3.8) is 0 Å². The summed E-state index contributed by atoms with van der Waals surface area (Å²) in [5.74, 6) is 1.33. The van der Waals surface area contributed by atoms with Crippen molar-refractivity contribution in [2.24, 2.45) is 4.99 Å². The Morgan fingerprint density at radius 1 is 1.23 bits per heavy atom. The van der Waals surface area contributed by atoms with Crippen molar-refractivity contribution in [1.29, 1.82) is 0 Å². The molecule has 0 spiro atoms. The second-order valence-electron chi connectivity index (χ2n) is 5.52. The molecule has 0 saturated carbocycles. The molecule has 0 radical (unpaired) electrons. The number of nitrogens with one attached hydrogen (secondary N) is 2. The summed E-state index contributed by atoms with van der Waals surface area (Å²) in [4.78, 5) is 5.69. The predicted molar refractivity (Wildman–Crippen MR) is 97.0 cm³/mol. The number of thiophene rings is 1. The lowest BCUT2D eigenvalue weighted by Gasteiger charge is -2.16. The summed E-state index contributed by atoms with van der Waals surface area (Å²) in [6.07, 6.45) is 1.03. The van der Waals surface area contributed by atoms with Gasteiger partial charge in [-0.25, -0.2) is 0 Å². The summed E-state index contributed by atoms with van der Waals surface area (Å²) in [5, 5.41) is 8.90. The Balaban J connectivity index is 1.76. The van der Waals surface area contributed by atoms with Crippen LogP contribution in [0.25, 0.3) is 0 Å². The molecule has 0 saturated heterocycles. The number of hydrogen-bond donors (Lipinski definition) is 2. The van der Waals surface area contributed by atoms with Crippen LogP contribution in [0.4, 0.5) is 0 Å². The Labute approximate surface area is 137 Å². The van der Waals surface area contributed by atoms with E-state index in [0.29, 0.717) is 5.92 Å². The van der Waals surface area contributed by atoms with E-state index in [2.05, 4.69) is 71.3 Å². The van der Waals surface area contributed by atoms with Gasteiger partial charge in [0, 0.05) is 25.0 Å². The van der Waals surface area contributed by atoms with Crippen molar-refractivity contribution in [3.05, 3.63) is 57.8 Å². The van der Waals surface area contributed by atoms with Gasteiger partial charge < -0.3 is 10.6 Å². The maximum atomic E-state index is 4.29. The van der Waals surface area contributed by atoms with Crippen LogP contribution >= 0.6 is 11.3 Å². The van der Waals surface area contributed by atoms with Crippen molar-refractivity contribution in [1.82, 2.24) is 10.6 Å². The van der Waals surface area contributed by atoms with Crippen LogP contribution in [0.15, 0.2) is 46.8 Å². The van der Waals surface area contributed by atoms with Crippen LogP contribution in [0, 0.1) is 6.92 Å². The molecule has 1 unspecified atom stereocenters. The molecule has 0 aliphatic heterocycles. The van der Waals surface area contributed by atoms with Gasteiger partial charge in [0.2, 0.25) is 0 Å². The average Bonchev–Trinajstić information content (AvgIpc) is 3.03. The van der Waals surface area contributed by atoms with Crippen LogP contribution in [-0.2, 0) is 6.42 Å². The molecule has 22 heavy (non-hydrogen) atoms. The lowest BCUT2D eigenvalue weighted by Crippen LogP contribution is -2.39. The van der Waals surface area contributed by atoms with Gasteiger partial charge in [-0.15, -0.1) is 11.3 Å². The van der Waals surface area contributed by atoms with E-state index in [-0.39, 0.29) is 0 Å². The first-order chi connectivity index (χ1) is 10.7. The topological polar surface area (TPSA) is 36.4 Å². The molecule has 3 nitrogen and oxygen atoms in total. The molecule has 2 aromatic rings. The lowest BCUT2D eigenvalue weighted by molar-refractivity contribution is 0.698. The van der Waals surface area contributed by atoms with Crippen LogP contribution in [0.5, 0.6) is 0 Å². The fraction of sp³-hybridized carbons (Fsp3) is 0.389. The normalized spacial score (nSPS) is 13.0. The summed E-state index contributed by atoms with van der Waals surface area (Å²) >= 11 is 1.80. The van der Waals surface area contributed by atoms with E-state index in [9.17, 15) is 0 Å². The molecular weight excluding hydrogens is 290 g/mol. The minimum Gasteiger partial charge on any atom is -0.356 e. The van der Waals surface area contributed by atoms with Crippen LogP contribution in [0.2, 0.25) is 0 Å². The minimum absolute atomic E-state index is 0.454. The SMILES string of the molecule is CN=C(NCCc1cccs1)NCC(C)c1cccc(C)c1. The standard InChI is InChI=1S/C18H25N3S/c1-14-6-4-7-16(12-14)15(2)13-21-18(19-3)20-10-9-17-8-5-11-22-17/h4-8,11-12,15H,9-10,13H2,1-3H3,(H2,19,20,21). The molecule has 0 aliphatic carbocycles. The van der Waals surface area contributed by atoms with Crippen molar-refractivity contribution < 1.29 is 0 Å². The maximum Gasteiger partial charge on any atom is 0.191 e. The molecule has 2 rings (SSSR count). The van der Waals surface area contributed by atoms with E-state index >= 15 is 0 Å². The molecule has 1 heterocycles. The van der Waals surface area contributed by atoms with Gasteiger partial charge in [0.1, 0.15) is 0 Å². The molecule has 0 fully saturated rings. The molecule has 0 bridgehead atoms. The predicted octanol–water partition coefficient (Wildman–Crippen LogP) is 3.57. The van der Waals surface area contributed by atoms with E-state index in [4.69, 9.17) is 0 Å². The molecule has 1 atom stereocenters. The van der Waals surface area contributed by atoms with Gasteiger partial charge in [-0.1, -0.05) is 42.8 Å². The van der Waals surface area contributed by atoms with Crippen LogP contribution < -0.4 is 10.6 Å². The van der Waals surface area contributed by atoms with Crippen molar-refractivity contribution in [3.8, 4) is 0 Å². The zero-order chi connectivity index (χ0) is 15.8. The third-order valence-corrected chi connectivity index (χ3v) is 4.59. The third-order valence-electron chi connectivity index (χ3n) is 3.65. The Hall–Kier alpha value is -1.81. The summed E-state index contributed by atoms with van der Waals surface area (Å²) in [6, 6.07) is 13.0. The van der Waals surface area contributed by atoms with Gasteiger partial charge in [-0.3, -0.25) is 4.99 Å². The van der Waals surface area contributed by atoms with Crippen molar-refractivity contribution in [2.75, 3.05) is 20.1 Å². The van der Waals surface area contributed by atoms with Crippen LogP contribution in [0.1, 0.15) is 28.8 Å². The highest BCUT2D eigenvalue weighted by Gasteiger charge is 2.06. The van der Waals surface area contributed by atoms with E-state index in [1.54, 1.807) is 11.3 Å². The first-order valence-corrected chi connectivity index (χ1v) is 8.60. The highest BCUT2D eigenvalue weighted by atomic mass is 32.1. The van der Waals surface area contributed by atoms with Gasteiger partial charge in [0.25, 0.3) is 0 Å². The molecule has 118 valence electrons. The second-order valence-corrected chi connectivity index (χ2v) is 6.56.